The first-order chi connectivity index (χ1) is 54.8. The molecule has 3 amide bonds. The van der Waals surface area contributed by atoms with Gasteiger partial charge in [0, 0.05) is 101 Å². The summed E-state index contributed by atoms with van der Waals surface area (Å²) < 4.78 is 69.2. The number of halogens is 4. The number of benzene rings is 3. The zero-order valence-corrected chi connectivity index (χ0v) is 69.8. The van der Waals surface area contributed by atoms with E-state index < -0.39 is 44.2 Å². The number of hydrogen-bond donors (Lipinski definition) is 0. The fourth-order valence-corrected chi connectivity index (χ4v) is 15.8. The van der Waals surface area contributed by atoms with Crippen LogP contribution in [0.5, 0.6) is 0 Å². The summed E-state index contributed by atoms with van der Waals surface area (Å²) in [6, 6.07) is 18.2. The molecule has 5 aromatic heterocycles. The fourth-order valence-electron chi connectivity index (χ4n) is 15.0. The van der Waals surface area contributed by atoms with Gasteiger partial charge in [0.15, 0.2) is 0 Å². The van der Waals surface area contributed by atoms with E-state index in [9.17, 15) is 23.2 Å². The highest BCUT2D eigenvalue weighted by Crippen LogP contribution is 2.46. The number of rotatable bonds is 6. The number of aliphatic imine (C=N–C) groups is 3. The number of imidazole rings is 3. The highest BCUT2D eigenvalue weighted by Gasteiger charge is 2.64. The van der Waals surface area contributed by atoms with Crippen molar-refractivity contribution in [3.63, 3.8) is 0 Å². The minimum Gasteiger partial charge on any atom is -0.405 e. The maximum atomic E-state index is 13.3. The summed E-state index contributed by atoms with van der Waals surface area (Å²) in [5.41, 5.74) is 12.9. The molecule has 0 N–H and O–H groups in total. The van der Waals surface area contributed by atoms with Crippen LogP contribution in [0, 0.1) is 11.9 Å². The van der Waals surface area contributed by atoms with Crippen molar-refractivity contribution in [2.45, 2.75) is 200 Å². The number of fused-ring (bicyclic) bond motifs is 9. The van der Waals surface area contributed by atoms with Crippen LogP contribution in [0.3, 0.4) is 0 Å². The molecule has 32 heteroatoms. The summed E-state index contributed by atoms with van der Waals surface area (Å²) in [5.74, 6) is 2.81. The molecule has 0 radical (unpaired) electrons. The van der Waals surface area contributed by atoms with Gasteiger partial charge >= 0.3 is 21.1 Å². The third-order valence-electron chi connectivity index (χ3n) is 24.1. The Morgan fingerprint density at radius 2 is 0.767 bits per heavy atom. The van der Waals surface area contributed by atoms with E-state index in [1.54, 1.807) is 11.2 Å². The van der Waals surface area contributed by atoms with Crippen LogP contribution in [0.25, 0.3) is 28.3 Å². The average Bonchev–Trinajstić information content (AvgIpc) is 1.70. The lowest BCUT2D eigenvalue weighted by Gasteiger charge is -2.32. The molecule has 20 rings (SSSR count). The summed E-state index contributed by atoms with van der Waals surface area (Å²) in [6.45, 7) is 26.8. The van der Waals surface area contributed by atoms with E-state index >= 15 is 0 Å². The molecule has 602 valence electrons. The maximum Gasteiger partial charge on any atom is 0.495 e. The van der Waals surface area contributed by atoms with E-state index in [1.807, 2.05) is 146 Å². The monoisotopic (exact) mass is 1700 g/mol. The van der Waals surface area contributed by atoms with Gasteiger partial charge < -0.3 is 42.6 Å². The minimum atomic E-state index is -0.608. The molecule has 0 unspecified atom stereocenters. The van der Waals surface area contributed by atoms with E-state index in [2.05, 4.69) is 146 Å². The van der Waals surface area contributed by atoms with Gasteiger partial charge in [-0.05, 0) is 185 Å². The van der Waals surface area contributed by atoms with Gasteiger partial charge in [-0.25, -0.2) is 34.9 Å². The van der Waals surface area contributed by atoms with Crippen molar-refractivity contribution in [1.29, 1.82) is 0 Å². The normalized spacial score (nSPS) is 21.4. The Balaban J connectivity index is 0.000000119. The minimum absolute atomic E-state index is 0. The van der Waals surface area contributed by atoms with E-state index in [1.165, 1.54) is 62.0 Å². The smallest absolute Gasteiger partial charge is 0.405 e. The molecule has 3 aliphatic carbocycles. The van der Waals surface area contributed by atoms with Crippen LogP contribution in [0.15, 0.2) is 159 Å². The molecule has 14 heterocycles. The molecule has 3 aromatic carbocycles. The molecule has 3 saturated heterocycles. The predicted molar refractivity (Wildman–Crippen MR) is 448 cm³/mol. The molecular formula is C84H95B3Br2F2N16O9. The zero-order chi connectivity index (χ0) is 80.8. The second-order valence-electron chi connectivity index (χ2n) is 33.6. The number of aromatic nitrogens is 10. The van der Waals surface area contributed by atoms with Crippen molar-refractivity contribution < 1.29 is 51.1 Å². The Morgan fingerprint density at radius 1 is 0.414 bits per heavy atom. The van der Waals surface area contributed by atoms with Gasteiger partial charge in [-0.1, -0.05) is 71.9 Å². The van der Waals surface area contributed by atoms with Gasteiger partial charge in [-0.2, -0.15) is 8.78 Å². The van der Waals surface area contributed by atoms with Gasteiger partial charge in [0.1, 0.15) is 60.7 Å². The molecule has 8 aromatic rings. The summed E-state index contributed by atoms with van der Waals surface area (Å²) in [7, 11) is -1.38. The zero-order valence-electron chi connectivity index (χ0n) is 66.6. The van der Waals surface area contributed by atoms with Gasteiger partial charge in [0.25, 0.3) is 0 Å². The SMILES string of the molecule is C.CC1(C)OB(B2OC(C)(C)C(C)(C)O2)OC1(C)C.CC1(C)OB(c2cccc3c2CCN2C(=O)CN=C(n4cnc(C5CC5)c4)C=C32)OC1(C)C.Fc1cnc(Br)cn1.O=C1CN=C(n2cnc(C3CC3)c2)C=C2c3cccc(-c4cnc(F)cn4)c3CCN12.O=C1CN=C(n2cnc(C3CC3)c2)C=C2c3cccc(Br)c3CCN12. The first-order valence-corrected chi connectivity index (χ1v) is 40.9. The quantitative estimate of drug-likeness (QED) is 0.140. The van der Waals surface area contributed by atoms with Crippen LogP contribution in [-0.4, -0.2) is 193 Å². The average molecular weight is 1700 g/mol. The van der Waals surface area contributed by atoms with E-state index in [0.29, 0.717) is 59.9 Å². The number of allylic oxidation sites excluding steroid dienone is 3. The Morgan fingerprint density at radius 3 is 1.16 bits per heavy atom. The van der Waals surface area contributed by atoms with Crippen LogP contribution in [0.4, 0.5) is 8.78 Å². The van der Waals surface area contributed by atoms with Crippen LogP contribution >= 0.6 is 31.9 Å². The molecule has 6 fully saturated rings. The number of carbonyl (C=O) groups is 3. The lowest BCUT2D eigenvalue weighted by Crippen LogP contribution is -2.42. The Labute approximate surface area is 692 Å². The first kappa shape index (κ1) is 82.0. The highest BCUT2D eigenvalue weighted by molar-refractivity contribution is 9.10. The topological polar surface area (TPSA) is 258 Å². The molecule has 116 heavy (non-hydrogen) atoms. The van der Waals surface area contributed by atoms with Crippen LogP contribution in [-0.2, 0) is 61.6 Å². The molecular weight excluding hydrogens is 1610 g/mol. The molecule has 3 saturated carbocycles. The number of nitrogens with zero attached hydrogens (tertiary/aromatic N) is 16. The van der Waals surface area contributed by atoms with Gasteiger partial charge in [-0.3, -0.25) is 43.1 Å². The van der Waals surface area contributed by atoms with Crippen molar-refractivity contribution in [3.05, 3.63) is 207 Å². The molecule has 9 aliphatic heterocycles. The summed E-state index contributed by atoms with van der Waals surface area (Å²) in [4.78, 5) is 86.1. The molecule has 0 spiro atoms. The summed E-state index contributed by atoms with van der Waals surface area (Å²) >= 11 is 6.65. The third kappa shape index (κ3) is 16.8. The van der Waals surface area contributed by atoms with Crippen molar-refractivity contribution in [1.82, 2.24) is 63.3 Å². The second kappa shape index (κ2) is 32.0. The molecule has 0 bridgehead atoms. The lowest BCUT2D eigenvalue weighted by atomic mass is 9.49. The number of hydrogen-bond acceptors (Lipinski definition) is 19. The fraction of sp³-hybridized carbons (Fsp3) is 0.440. The first-order valence-electron chi connectivity index (χ1n) is 39.3. The lowest BCUT2D eigenvalue weighted by molar-refractivity contribution is -0.127. The molecule has 0 atom stereocenters. The number of carbonyl (C=O) groups excluding carboxylic acids is 3. The van der Waals surface area contributed by atoms with Crippen LogP contribution in [0.1, 0.15) is 197 Å². The Hall–Kier alpha value is -9.14. The van der Waals surface area contributed by atoms with E-state index in [0.717, 1.165) is 109 Å². The van der Waals surface area contributed by atoms with Crippen LogP contribution < -0.4 is 5.46 Å². The highest BCUT2D eigenvalue weighted by atomic mass is 79.9. The standard InChI is InChI=1S/C25H29BN4O3.C23H19FN6O.C19H17BrN4O.C12H24B2O4.C4H2BrFN2.CH4/c1-24(2)25(3,4)33-26(32-24)19-7-5-6-18-17(19)10-11-30-21(18)12-22(27-13-23(30)31)29-14-20(28-15-29)16-8-9-16;24-21-10-25-18(9-26-21)16-2-1-3-17-15(16)6-7-30-20(17)8-22(27-11-23(30)31)29-12-19(28-13-29)14-4-5-14;20-15-3-1-2-14-13(15)6-7-24-17(14)8-18(21-9-19(24)25)23-10-16(22-11-23)12-4-5-12;1-9(2)10(3,4)16-13(15-9)14-17-11(5,6)12(7,8)18-14;5-3-1-8-4(6)2-7-3;/h5-7,12,14-16H,8-11,13H2,1-4H3;1-3,8-10,12-14H,4-7,11H2;1-3,8,10-12H,4-7,9H2;1-8H3;1-2H;1H4. The van der Waals surface area contributed by atoms with E-state index in [4.69, 9.17) is 27.9 Å². The molecule has 25 nitrogen and oxygen atoms in total. The second-order valence-corrected chi connectivity index (χ2v) is 35.3. The number of amides is 3. The summed E-state index contributed by atoms with van der Waals surface area (Å²) in [6.07, 6.45) is 31.9. The van der Waals surface area contributed by atoms with Crippen molar-refractivity contribution in [3.8, 4) is 11.3 Å². The largest absolute Gasteiger partial charge is 0.495 e. The van der Waals surface area contributed by atoms with Crippen LogP contribution in [0.2, 0.25) is 0 Å². The van der Waals surface area contributed by atoms with Crippen molar-refractivity contribution >= 4 is 111 Å². The van der Waals surface area contributed by atoms with Crippen molar-refractivity contribution in [2.24, 2.45) is 15.0 Å². The summed E-state index contributed by atoms with van der Waals surface area (Å²) in [5, 5.41) is 0. The third-order valence-corrected chi connectivity index (χ3v) is 25.3. The maximum absolute atomic E-state index is 13.3. The Kier molecular flexibility index (Phi) is 22.6. The predicted octanol–water partition coefficient (Wildman–Crippen LogP) is 13.3. The molecule has 12 aliphatic rings. The van der Waals surface area contributed by atoms with E-state index in [-0.39, 0.29) is 67.2 Å². The van der Waals surface area contributed by atoms with Gasteiger partial charge in [-0.15, -0.1) is 0 Å². The van der Waals surface area contributed by atoms with Gasteiger partial charge in [0.05, 0.1) is 98.3 Å². The van der Waals surface area contributed by atoms with Crippen molar-refractivity contribution in [2.75, 3.05) is 39.3 Å². The van der Waals surface area contributed by atoms with Gasteiger partial charge in [0.2, 0.25) is 29.6 Å². The Bertz CT molecular complexity index is 5230.